The van der Waals surface area contributed by atoms with Crippen molar-refractivity contribution in [2.45, 2.75) is 33.7 Å². The highest BCUT2D eigenvalue weighted by Crippen LogP contribution is 2.24. The van der Waals surface area contributed by atoms with Gasteiger partial charge in [0, 0.05) is 16.3 Å². The summed E-state index contributed by atoms with van der Waals surface area (Å²) in [5, 5.41) is 12.9. The van der Waals surface area contributed by atoms with Gasteiger partial charge in [0.25, 0.3) is 0 Å². The maximum absolute atomic E-state index is 13.0. The lowest BCUT2D eigenvalue weighted by molar-refractivity contribution is 0.0525. The van der Waals surface area contributed by atoms with E-state index in [1.54, 1.807) is 45.9 Å². The molecule has 146 valence electrons. The van der Waals surface area contributed by atoms with E-state index >= 15 is 0 Å². The fourth-order valence-electron chi connectivity index (χ4n) is 2.95. The number of hydrogen-bond donors (Lipinski definition) is 1. The number of aryl methyl sites for hydroxylation is 1. The van der Waals surface area contributed by atoms with E-state index in [0.717, 1.165) is 0 Å². The molecule has 3 rings (SSSR count). The minimum atomic E-state index is -0.716. The van der Waals surface area contributed by atoms with Gasteiger partial charge in [0.2, 0.25) is 11.6 Å². The van der Waals surface area contributed by atoms with Gasteiger partial charge in [0.05, 0.1) is 17.9 Å². The van der Waals surface area contributed by atoms with Gasteiger partial charge in [-0.25, -0.2) is 4.79 Å². The number of aromatic amines is 1. The minimum Gasteiger partial charge on any atom is -0.462 e. The first-order chi connectivity index (χ1) is 13.3. The summed E-state index contributed by atoms with van der Waals surface area (Å²) in [6, 6.07) is 6.35. The average molecular weight is 402 g/mol. The number of carbonyl (C=O) groups excluding carboxylic acids is 2. The Bertz CT molecular complexity index is 1040. The lowest BCUT2D eigenvalue weighted by Crippen LogP contribution is -2.20. The number of halogens is 1. The largest absolute Gasteiger partial charge is 0.462 e. The number of ketones is 1. The van der Waals surface area contributed by atoms with Gasteiger partial charge < -0.3 is 9.72 Å². The average Bonchev–Trinajstić information content (AvgIpc) is 3.25. The summed E-state index contributed by atoms with van der Waals surface area (Å²) < 4.78 is 5.07. The van der Waals surface area contributed by atoms with Crippen LogP contribution in [-0.2, 0) is 4.74 Å². The SMILES string of the molecule is CCOC(=O)c1c(C)[nH]c(C(=O)C(C)n2nnc(-c3cccc(Cl)c3)n2)c1C. The van der Waals surface area contributed by atoms with Gasteiger partial charge in [-0.3, -0.25) is 4.79 Å². The van der Waals surface area contributed by atoms with E-state index in [4.69, 9.17) is 16.3 Å². The number of rotatable bonds is 6. The molecular formula is C19H20ClN5O3. The van der Waals surface area contributed by atoms with Gasteiger partial charge in [-0.05, 0) is 50.6 Å². The molecule has 0 aliphatic heterocycles. The van der Waals surface area contributed by atoms with Crippen molar-refractivity contribution >= 4 is 23.4 Å². The number of nitrogens with one attached hydrogen (secondary N) is 1. The molecule has 0 saturated carbocycles. The second-order valence-corrected chi connectivity index (χ2v) is 6.77. The van der Waals surface area contributed by atoms with Crippen molar-refractivity contribution in [3.8, 4) is 11.4 Å². The third kappa shape index (κ3) is 3.68. The summed E-state index contributed by atoms with van der Waals surface area (Å²) in [4.78, 5) is 29.4. The predicted octanol–water partition coefficient (Wildman–Crippen LogP) is 3.56. The van der Waals surface area contributed by atoms with Crippen LogP contribution in [0.15, 0.2) is 24.3 Å². The van der Waals surface area contributed by atoms with Crippen LogP contribution in [-0.4, -0.2) is 43.6 Å². The third-order valence-electron chi connectivity index (χ3n) is 4.40. The number of Topliss-reactive ketones (excluding diaryl/α,β-unsaturated/α-hetero) is 1. The molecule has 2 aromatic heterocycles. The first kappa shape index (κ1) is 19.8. The molecule has 1 atom stereocenters. The van der Waals surface area contributed by atoms with E-state index in [1.807, 2.05) is 6.07 Å². The van der Waals surface area contributed by atoms with Gasteiger partial charge in [-0.1, -0.05) is 23.7 Å². The van der Waals surface area contributed by atoms with Crippen molar-refractivity contribution < 1.29 is 14.3 Å². The first-order valence-corrected chi connectivity index (χ1v) is 9.17. The van der Waals surface area contributed by atoms with Crippen LogP contribution in [0.25, 0.3) is 11.4 Å². The molecule has 9 heteroatoms. The molecular weight excluding hydrogens is 382 g/mol. The van der Waals surface area contributed by atoms with Crippen molar-refractivity contribution in [3.63, 3.8) is 0 Å². The normalized spacial score (nSPS) is 12.0. The molecule has 0 spiro atoms. The Balaban J connectivity index is 1.88. The van der Waals surface area contributed by atoms with Crippen LogP contribution in [0.5, 0.6) is 0 Å². The number of ether oxygens (including phenoxy) is 1. The van der Waals surface area contributed by atoms with Crippen LogP contribution in [0.2, 0.25) is 5.02 Å². The smallest absolute Gasteiger partial charge is 0.340 e. The van der Waals surface area contributed by atoms with Crippen LogP contribution in [0, 0.1) is 13.8 Å². The van der Waals surface area contributed by atoms with Crippen molar-refractivity contribution in [2.24, 2.45) is 0 Å². The number of benzene rings is 1. The number of aromatic nitrogens is 5. The van der Waals surface area contributed by atoms with E-state index in [0.29, 0.717) is 38.9 Å². The zero-order valence-electron chi connectivity index (χ0n) is 16.0. The molecule has 0 fully saturated rings. The number of nitrogens with zero attached hydrogens (tertiary/aromatic N) is 4. The second-order valence-electron chi connectivity index (χ2n) is 6.33. The van der Waals surface area contributed by atoms with Gasteiger partial charge in [0.1, 0.15) is 6.04 Å². The Labute approximate surface area is 166 Å². The van der Waals surface area contributed by atoms with Crippen molar-refractivity contribution in [3.05, 3.63) is 51.8 Å². The van der Waals surface area contributed by atoms with Crippen molar-refractivity contribution in [2.75, 3.05) is 6.61 Å². The van der Waals surface area contributed by atoms with Gasteiger partial charge in [0.15, 0.2) is 0 Å². The topological polar surface area (TPSA) is 103 Å². The summed E-state index contributed by atoms with van der Waals surface area (Å²) in [6.45, 7) is 7.11. The fraction of sp³-hybridized carbons (Fsp3) is 0.316. The second kappa shape index (κ2) is 7.93. The van der Waals surface area contributed by atoms with Crippen LogP contribution in [0.1, 0.15) is 52.0 Å². The number of H-pyrrole nitrogens is 1. The Morgan fingerprint density at radius 2 is 2.07 bits per heavy atom. The molecule has 0 amide bonds. The highest BCUT2D eigenvalue weighted by Gasteiger charge is 2.27. The lowest BCUT2D eigenvalue weighted by Gasteiger charge is -2.08. The molecule has 2 heterocycles. The Morgan fingerprint density at radius 3 is 2.75 bits per heavy atom. The molecule has 8 nitrogen and oxygen atoms in total. The number of carbonyl (C=O) groups is 2. The summed E-state index contributed by atoms with van der Waals surface area (Å²) in [7, 11) is 0. The fourth-order valence-corrected chi connectivity index (χ4v) is 3.14. The Kier molecular flexibility index (Phi) is 5.60. The molecule has 0 saturated heterocycles. The maximum atomic E-state index is 13.0. The molecule has 0 aliphatic carbocycles. The van der Waals surface area contributed by atoms with Gasteiger partial charge >= 0.3 is 5.97 Å². The van der Waals surface area contributed by atoms with E-state index in [9.17, 15) is 9.59 Å². The van der Waals surface area contributed by atoms with E-state index in [2.05, 4.69) is 20.4 Å². The summed E-state index contributed by atoms with van der Waals surface area (Å²) in [6.07, 6.45) is 0. The van der Waals surface area contributed by atoms with Crippen molar-refractivity contribution in [1.82, 2.24) is 25.2 Å². The number of hydrogen-bond acceptors (Lipinski definition) is 6. The summed E-state index contributed by atoms with van der Waals surface area (Å²) in [5.74, 6) is -0.345. The Hall–Kier alpha value is -3.00. The molecule has 1 aromatic carbocycles. The van der Waals surface area contributed by atoms with Gasteiger partial charge in [-0.2, -0.15) is 4.80 Å². The van der Waals surface area contributed by atoms with E-state index in [1.165, 1.54) is 4.80 Å². The monoisotopic (exact) mass is 401 g/mol. The molecule has 28 heavy (non-hydrogen) atoms. The molecule has 1 N–H and O–H groups in total. The highest BCUT2D eigenvalue weighted by atomic mass is 35.5. The zero-order chi connectivity index (χ0) is 20.4. The third-order valence-corrected chi connectivity index (χ3v) is 4.64. The standard InChI is InChI=1S/C19H20ClN5O3/c1-5-28-19(27)15-10(2)16(21-11(15)3)17(26)12(4)25-23-18(22-24-25)13-7-6-8-14(20)9-13/h6-9,12,21H,5H2,1-4H3. The molecule has 3 aromatic rings. The molecule has 0 bridgehead atoms. The van der Waals surface area contributed by atoms with E-state index < -0.39 is 12.0 Å². The van der Waals surface area contributed by atoms with Crippen molar-refractivity contribution in [1.29, 1.82) is 0 Å². The minimum absolute atomic E-state index is 0.258. The predicted molar refractivity (Wildman–Crippen MR) is 104 cm³/mol. The quantitative estimate of drug-likeness (QED) is 0.500. The van der Waals surface area contributed by atoms with E-state index in [-0.39, 0.29) is 12.4 Å². The lowest BCUT2D eigenvalue weighted by atomic mass is 10.1. The summed E-state index contributed by atoms with van der Waals surface area (Å²) in [5.41, 5.74) is 2.54. The number of esters is 1. The first-order valence-electron chi connectivity index (χ1n) is 8.79. The maximum Gasteiger partial charge on any atom is 0.340 e. The molecule has 0 radical (unpaired) electrons. The zero-order valence-corrected chi connectivity index (χ0v) is 16.7. The van der Waals surface area contributed by atoms with Crippen LogP contribution < -0.4 is 0 Å². The number of tetrazole rings is 1. The molecule has 0 aliphatic rings. The van der Waals surface area contributed by atoms with Crippen LogP contribution in [0.3, 0.4) is 0 Å². The Morgan fingerprint density at radius 1 is 1.32 bits per heavy atom. The summed E-state index contributed by atoms with van der Waals surface area (Å²) >= 11 is 6.00. The molecule has 1 unspecified atom stereocenters. The van der Waals surface area contributed by atoms with Crippen LogP contribution in [0.4, 0.5) is 0 Å². The highest BCUT2D eigenvalue weighted by molar-refractivity contribution is 6.30. The van der Waals surface area contributed by atoms with Gasteiger partial charge in [-0.15, -0.1) is 10.2 Å². The van der Waals surface area contributed by atoms with Crippen LogP contribution >= 0.6 is 11.6 Å².